The van der Waals surface area contributed by atoms with Crippen LogP contribution >= 0.6 is 11.3 Å². The molecule has 1 unspecified atom stereocenters. The normalized spacial score (nSPS) is 22.7. The molecule has 3 fully saturated rings. The fourth-order valence-corrected chi connectivity index (χ4v) is 6.94. The average molecular weight is 597 g/mol. The molecule has 3 aliphatic rings. The Bertz CT molecular complexity index is 1640. The molecule has 212 valence electrons. The van der Waals surface area contributed by atoms with Crippen LogP contribution in [0.25, 0.3) is 16.3 Å². The highest BCUT2D eigenvalue weighted by molar-refractivity contribution is 7.89. The van der Waals surface area contributed by atoms with Crippen molar-refractivity contribution in [3.63, 3.8) is 0 Å². The summed E-state index contributed by atoms with van der Waals surface area (Å²) in [4.78, 5) is 20.5. The number of piperazine rings is 1. The van der Waals surface area contributed by atoms with Gasteiger partial charge in [0.25, 0.3) is 5.91 Å². The highest BCUT2D eigenvalue weighted by Crippen LogP contribution is 2.39. The maximum absolute atomic E-state index is 13.4. The fraction of sp³-hybridized carbons (Fsp3) is 0.522. The molecule has 0 aromatic carbocycles. The molecule has 12 nitrogen and oxygen atoms in total. The number of alkyl halides is 3. The van der Waals surface area contributed by atoms with Crippen LogP contribution in [0.2, 0.25) is 0 Å². The van der Waals surface area contributed by atoms with Crippen LogP contribution in [-0.2, 0) is 25.7 Å². The first kappa shape index (κ1) is 26.9. The van der Waals surface area contributed by atoms with Gasteiger partial charge in [0.15, 0.2) is 10.8 Å². The number of pyridine rings is 1. The molecule has 0 radical (unpaired) electrons. The van der Waals surface area contributed by atoms with Crippen LogP contribution in [-0.4, -0.2) is 82.7 Å². The van der Waals surface area contributed by atoms with Crippen LogP contribution in [0.1, 0.15) is 31.2 Å². The monoisotopic (exact) mass is 596 g/mol. The van der Waals surface area contributed by atoms with Crippen molar-refractivity contribution in [1.82, 2.24) is 29.2 Å². The van der Waals surface area contributed by atoms with Gasteiger partial charge in [0, 0.05) is 38.3 Å². The maximum Gasteiger partial charge on any atom is 0.445 e. The van der Waals surface area contributed by atoms with Gasteiger partial charge in [-0.05, 0) is 25.8 Å². The molecule has 2 saturated heterocycles. The minimum Gasteiger partial charge on any atom is -0.368 e. The van der Waals surface area contributed by atoms with Gasteiger partial charge in [0.2, 0.25) is 15.0 Å². The molecule has 1 N–H and O–H groups in total. The first-order chi connectivity index (χ1) is 18.9. The molecule has 40 heavy (non-hydrogen) atoms. The number of nitrogens with zero attached hydrogens (tertiary/aromatic N) is 7. The van der Waals surface area contributed by atoms with E-state index < -0.39 is 32.9 Å². The van der Waals surface area contributed by atoms with Crippen LogP contribution in [0, 0.1) is 11.3 Å². The van der Waals surface area contributed by atoms with E-state index in [2.05, 4.69) is 19.9 Å². The predicted molar refractivity (Wildman–Crippen MR) is 135 cm³/mol. The van der Waals surface area contributed by atoms with Gasteiger partial charge in [-0.25, -0.2) is 13.4 Å². The molecular formula is C23H23F3N8O4S2. The largest absolute Gasteiger partial charge is 0.445 e. The second kappa shape index (κ2) is 9.36. The lowest BCUT2D eigenvalue weighted by Crippen LogP contribution is -2.58. The summed E-state index contributed by atoms with van der Waals surface area (Å²) < 4.78 is 75.6. The number of rotatable bonds is 6. The van der Waals surface area contributed by atoms with Crippen molar-refractivity contribution in [2.24, 2.45) is 0 Å². The summed E-state index contributed by atoms with van der Waals surface area (Å²) in [5.41, 5.74) is -0.285. The van der Waals surface area contributed by atoms with Gasteiger partial charge in [-0.1, -0.05) is 11.3 Å². The van der Waals surface area contributed by atoms with E-state index in [9.17, 15) is 31.6 Å². The molecule has 1 amide bonds. The first-order valence-electron chi connectivity index (χ1n) is 12.5. The van der Waals surface area contributed by atoms with Gasteiger partial charge in [0.05, 0.1) is 30.1 Å². The lowest BCUT2D eigenvalue weighted by Gasteiger charge is -2.43. The van der Waals surface area contributed by atoms with Crippen molar-refractivity contribution in [3.05, 3.63) is 23.5 Å². The second-order valence-corrected chi connectivity index (χ2v) is 12.7. The topological polar surface area (TPSA) is 146 Å². The highest BCUT2D eigenvalue weighted by Gasteiger charge is 2.47. The molecule has 1 aliphatic carbocycles. The van der Waals surface area contributed by atoms with Crippen molar-refractivity contribution in [2.75, 3.05) is 31.1 Å². The van der Waals surface area contributed by atoms with Crippen LogP contribution < -0.4 is 9.62 Å². The Morgan fingerprint density at radius 3 is 2.62 bits per heavy atom. The quantitative estimate of drug-likeness (QED) is 0.452. The lowest BCUT2D eigenvalue weighted by molar-refractivity contribution is -0.158. The molecule has 2 aliphatic heterocycles. The minimum absolute atomic E-state index is 0.00767. The van der Waals surface area contributed by atoms with Crippen molar-refractivity contribution in [1.29, 1.82) is 5.26 Å². The number of nitrogens with one attached hydrogen (secondary N) is 1. The number of hydrogen-bond donors (Lipinski definition) is 1. The Kier molecular flexibility index (Phi) is 6.29. The molecule has 3 aromatic heterocycles. The molecule has 3 aromatic rings. The number of imidazole rings is 1. The number of carbonyl (C=O) groups is 1. The molecule has 17 heteroatoms. The van der Waals surface area contributed by atoms with Crippen LogP contribution in [0.5, 0.6) is 0 Å². The molecule has 5 heterocycles. The number of ether oxygens (including phenoxy) is 1. The van der Waals surface area contributed by atoms with E-state index in [-0.39, 0.29) is 27.7 Å². The van der Waals surface area contributed by atoms with Gasteiger partial charge in [-0.2, -0.15) is 23.2 Å². The number of carbonyl (C=O) groups excluding carboxylic acids is 1. The number of nitriles is 1. The Labute approximate surface area is 230 Å². The smallest absolute Gasteiger partial charge is 0.368 e. The summed E-state index contributed by atoms with van der Waals surface area (Å²) in [6.07, 6.45) is -1.03. The van der Waals surface area contributed by atoms with Crippen molar-refractivity contribution >= 4 is 38.5 Å². The maximum atomic E-state index is 13.4. The standard InChI is InChI=1S/C23H23F3N8O4S2/c1-13-10-32(5-6-33(13)20(35)17-2-7-38-17)15-8-14(40(36,37)31-22(12-27)3-4-22)11-34-16(15)9-28-18(34)19-29-30-21(39-19)23(24,25)26/h8-9,11,13,17,31H,2-7,10H2,1H3/t13-,17?/m1/s1. The third-order valence-corrected chi connectivity index (χ3v) is 9.75. The Balaban J connectivity index is 1.41. The summed E-state index contributed by atoms with van der Waals surface area (Å²) in [6.45, 7) is 3.53. The van der Waals surface area contributed by atoms with E-state index in [0.717, 1.165) is 0 Å². The molecule has 0 spiro atoms. The zero-order valence-electron chi connectivity index (χ0n) is 21.1. The summed E-state index contributed by atoms with van der Waals surface area (Å²) >= 11 is 0.297. The first-order valence-corrected chi connectivity index (χ1v) is 14.8. The lowest BCUT2D eigenvalue weighted by atomic mass is 10.1. The van der Waals surface area contributed by atoms with Crippen molar-refractivity contribution in [2.45, 2.75) is 54.9 Å². The molecule has 2 atom stereocenters. The number of aromatic nitrogens is 4. The van der Waals surface area contributed by atoms with E-state index in [1.165, 1.54) is 22.9 Å². The van der Waals surface area contributed by atoms with Crippen molar-refractivity contribution < 1.29 is 31.1 Å². The number of anilines is 1. The third-order valence-electron chi connectivity index (χ3n) is 7.28. The zero-order valence-corrected chi connectivity index (χ0v) is 22.7. The number of hydrogen-bond acceptors (Lipinski definition) is 10. The van der Waals surface area contributed by atoms with Gasteiger partial charge in [-0.15, -0.1) is 10.2 Å². The highest BCUT2D eigenvalue weighted by atomic mass is 32.2. The zero-order chi connectivity index (χ0) is 28.4. The number of amides is 1. The summed E-state index contributed by atoms with van der Waals surface area (Å²) in [5.74, 6) is -0.0922. The second-order valence-electron chi connectivity index (χ2n) is 10.1. The minimum atomic E-state index is -4.69. The van der Waals surface area contributed by atoms with E-state index in [4.69, 9.17) is 4.74 Å². The predicted octanol–water partition coefficient (Wildman–Crippen LogP) is 2.03. The van der Waals surface area contributed by atoms with Crippen LogP contribution in [0.4, 0.5) is 18.9 Å². The number of halogens is 3. The summed E-state index contributed by atoms with van der Waals surface area (Å²) in [6, 6.07) is 3.22. The van der Waals surface area contributed by atoms with Gasteiger partial charge in [0.1, 0.15) is 16.5 Å². The van der Waals surface area contributed by atoms with Crippen molar-refractivity contribution in [3.8, 4) is 16.9 Å². The Hall–Kier alpha value is -3.33. The Morgan fingerprint density at radius 1 is 1.30 bits per heavy atom. The molecule has 0 bridgehead atoms. The van der Waals surface area contributed by atoms with Gasteiger partial charge >= 0.3 is 6.18 Å². The van der Waals surface area contributed by atoms with E-state index in [1.54, 1.807) is 4.90 Å². The SMILES string of the molecule is C[C@@H]1CN(c2cc(S(=O)(=O)NC3(C#N)CC3)cn3c(-c4nnc(C(F)(F)F)s4)ncc23)CCN1C(=O)C1CCO1. The van der Waals surface area contributed by atoms with E-state index in [1.807, 2.05) is 17.9 Å². The molecule has 1 saturated carbocycles. The average Bonchev–Trinajstić information content (AvgIpc) is 3.24. The van der Waals surface area contributed by atoms with Crippen LogP contribution in [0.3, 0.4) is 0 Å². The van der Waals surface area contributed by atoms with Gasteiger partial charge in [-0.3, -0.25) is 9.20 Å². The summed E-state index contributed by atoms with van der Waals surface area (Å²) in [7, 11) is -4.20. The number of fused-ring (bicyclic) bond motifs is 1. The number of sulfonamides is 1. The molecule has 6 rings (SSSR count). The summed E-state index contributed by atoms with van der Waals surface area (Å²) in [5, 5.41) is 15.0. The molecular weight excluding hydrogens is 573 g/mol. The third kappa shape index (κ3) is 4.68. The van der Waals surface area contributed by atoms with E-state index >= 15 is 0 Å². The van der Waals surface area contributed by atoms with Crippen LogP contribution in [0.15, 0.2) is 23.4 Å². The van der Waals surface area contributed by atoms with E-state index in [0.29, 0.717) is 68.0 Å². The van der Waals surface area contributed by atoms with Gasteiger partial charge < -0.3 is 14.5 Å². The Morgan fingerprint density at radius 2 is 2.05 bits per heavy atom. The fourth-order valence-electron chi connectivity index (χ4n) is 4.84.